The van der Waals surface area contributed by atoms with Gasteiger partial charge in [-0.05, 0) is 23.8 Å². The summed E-state index contributed by atoms with van der Waals surface area (Å²) in [6.45, 7) is 1.62. The van der Waals surface area contributed by atoms with Gasteiger partial charge in [0.2, 0.25) is 10.0 Å². The predicted octanol–water partition coefficient (Wildman–Crippen LogP) is 2.09. The Bertz CT molecular complexity index is 1090. The number of hydrogen-bond acceptors (Lipinski definition) is 4. The number of rotatable bonds is 5. The van der Waals surface area contributed by atoms with Crippen LogP contribution in [0, 0.1) is 0 Å². The Morgan fingerprint density at radius 1 is 0.967 bits per heavy atom. The summed E-state index contributed by atoms with van der Waals surface area (Å²) < 4.78 is 28.8. The molecular formula is C21H23N5O3S. The van der Waals surface area contributed by atoms with Gasteiger partial charge >= 0.3 is 6.03 Å². The zero-order valence-corrected chi connectivity index (χ0v) is 17.2. The van der Waals surface area contributed by atoms with Crippen LogP contribution < -0.4 is 5.32 Å². The van der Waals surface area contributed by atoms with E-state index in [0.717, 1.165) is 11.3 Å². The summed E-state index contributed by atoms with van der Waals surface area (Å²) in [5.74, 6) is 0. The number of aromatic nitrogens is 2. The molecular weight excluding hydrogens is 402 g/mol. The molecule has 3 aromatic rings. The quantitative estimate of drug-likeness (QED) is 0.678. The maximum absolute atomic E-state index is 12.7. The van der Waals surface area contributed by atoms with E-state index in [1.807, 2.05) is 35.0 Å². The number of amides is 2. The number of sulfonamides is 1. The monoisotopic (exact) mass is 425 g/mol. The second-order valence-corrected chi connectivity index (χ2v) is 8.90. The summed E-state index contributed by atoms with van der Waals surface area (Å²) in [4.78, 5) is 18.6. The van der Waals surface area contributed by atoms with Gasteiger partial charge in [-0.3, -0.25) is 0 Å². The number of urea groups is 1. The van der Waals surface area contributed by atoms with Gasteiger partial charge < -0.3 is 14.8 Å². The highest BCUT2D eigenvalue weighted by Crippen LogP contribution is 2.18. The number of benzene rings is 2. The molecule has 1 aliphatic heterocycles. The van der Waals surface area contributed by atoms with E-state index in [1.165, 1.54) is 4.31 Å². The van der Waals surface area contributed by atoms with Crippen LogP contribution in [-0.2, 0) is 16.6 Å². The van der Waals surface area contributed by atoms with Crippen molar-refractivity contribution >= 4 is 16.1 Å². The number of hydrogen-bond donors (Lipinski definition) is 1. The third-order valence-corrected chi connectivity index (χ3v) is 7.02. The summed E-state index contributed by atoms with van der Waals surface area (Å²) in [6, 6.07) is 16.0. The molecule has 0 unspecified atom stereocenters. The predicted molar refractivity (Wildman–Crippen MR) is 113 cm³/mol. The fourth-order valence-corrected chi connectivity index (χ4v) is 4.91. The number of para-hydroxylation sites is 1. The van der Waals surface area contributed by atoms with E-state index in [2.05, 4.69) is 10.3 Å². The number of piperazine rings is 1. The normalized spacial score (nSPS) is 15.1. The Morgan fingerprint density at radius 2 is 1.67 bits per heavy atom. The highest BCUT2D eigenvalue weighted by molar-refractivity contribution is 7.89. The minimum atomic E-state index is -3.53. The van der Waals surface area contributed by atoms with E-state index in [-0.39, 0.29) is 24.0 Å². The second kappa shape index (κ2) is 8.68. The molecule has 0 bridgehead atoms. The number of carbonyl (C=O) groups is 1. The van der Waals surface area contributed by atoms with Crippen molar-refractivity contribution in [2.45, 2.75) is 11.4 Å². The number of imidazole rings is 1. The van der Waals surface area contributed by atoms with Crippen LogP contribution in [0.3, 0.4) is 0 Å². The molecule has 2 heterocycles. The van der Waals surface area contributed by atoms with E-state index in [1.54, 1.807) is 47.8 Å². The summed E-state index contributed by atoms with van der Waals surface area (Å²) in [7, 11) is -3.53. The van der Waals surface area contributed by atoms with E-state index >= 15 is 0 Å². The van der Waals surface area contributed by atoms with Crippen LogP contribution in [0.25, 0.3) is 5.69 Å². The van der Waals surface area contributed by atoms with Gasteiger partial charge in [-0.15, -0.1) is 0 Å². The van der Waals surface area contributed by atoms with Crippen molar-refractivity contribution < 1.29 is 13.2 Å². The fourth-order valence-electron chi connectivity index (χ4n) is 3.47. The van der Waals surface area contributed by atoms with Gasteiger partial charge in [0.1, 0.15) is 0 Å². The minimum Gasteiger partial charge on any atom is -0.334 e. The van der Waals surface area contributed by atoms with Crippen LogP contribution in [0.5, 0.6) is 0 Å². The Morgan fingerprint density at radius 3 is 2.37 bits per heavy atom. The van der Waals surface area contributed by atoms with Crippen molar-refractivity contribution in [1.82, 2.24) is 24.1 Å². The topological polar surface area (TPSA) is 87.5 Å². The van der Waals surface area contributed by atoms with Crippen molar-refractivity contribution in [3.63, 3.8) is 0 Å². The molecule has 2 amide bonds. The van der Waals surface area contributed by atoms with Crippen LogP contribution >= 0.6 is 0 Å². The molecule has 30 heavy (non-hydrogen) atoms. The molecule has 0 atom stereocenters. The van der Waals surface area contributed by atoms with E-state index in [9.17, 15) is 13.2 Å². The summed E-state index contributed by atoms with van der Waals surface area (Å²) in [5.41, 5.74) is 1.92. The first-order valence-corrected chi connectivity index (χ1v) is 11.1. The number of nitrogens with one attached hydrogen (secondary N) is 1. The molecule has 0 aliphatic carbocycles. The SMILES string of the molecule is O=C(NCc1ccccc1-n1ccnc1)N1CCN(S(=O)(=O)c2ccccc2)CC1. The number of nitrogens with zero attached hydrogens (tertiary/aromatic N) is 4. The molecule has 1 aromatic heterocycles. The molecule has 0 radical (unpaired) electrons. The molecule has 1 aliphatic rings. The maximum atomic E-state index is 12.7. The molecule has 1 saturated heterocycles. The van der Waals surface area contributed by atoms with Gasteiger partial charge in [-0.25, -0.2) is 18.2 Å². The molecule has 1 fully saturated rings. The molecule has 9 heteroatoms. The lowest BCUT2D eigenvalue weighted by Crippen LogP contribution is -2.52. The Balaban J connectivity index is 1.35. The van der Waals surface area contributed by atoms with Crippen molar-refractivity contribution in [2.24, 2.45) is 0 Å². The molecule has 0 spiro atoms. The average molecular weight is 426 g/mol. The van der Waals surface area contributed by atoms with Gasteiger partial charge in [-0.2, -0.15) is 4.31 Å². The van der Waals surface area contributed by atoms with Crippen LogP contribution in [0.15, 0.2) is 78.2 Å². The zero-order chi connectivity index (χ0) is 21.0. The van der Waals surface area contributed by atoms with Crippen molar-refractivity contribution in [2.75, 3.05) is 26.2 Å². The van der Waals surface area contributed by atoms with Gasteiger partial charge in [0.25, 0.3) is 0 Å². The first-order chi connectivity index (χ1) is 14.6. The van der Waals surface area contributed by atoms with E-state index in [0.29, 0.717) is 19.6 Å². The lowest BCUT2D eigenvalue weighted by Gasteiger charge is -2.34. The van der Waals surface area contributed by atoms with Crippen LogP contribution in [0.1, 0.15) is 5.56 Å². The summed E-state index contributed by atoms with van der Waals surface area (Å²) in [6.07, 6.45) is 5.28. The standard InChI is InChI=1S/C21H23N5O3S/c27-21(23-16-18-6-4-5-9-20(18)25-11-10-22-17-25)24-12-14-26(15-13-24)30(28,29)19-7-2-1-3-8-19/h1-11,17H,12-16H2,(H,23,27). The fraction of sp³-hybridized carbons (Fsp3) is 0.238. The molecule has 0 saturated carbocycles. The molecule has 4 rings (SSSR count). The minimum absolute atomic E-state index is 0.202. The van der Waals surface area contributed by atoms with Crippen molar-refractivity contribution in [1.29, 1.82) is 0 Å². The molecule has 2 aromatic carbocycles. The maximum Gasteiger partial charge on any atom is 0.317 e. The largest absolute Gasteiger partial charge is 0.334 e. The van der Waals surface area contributed by atoms with E-state index < -0.39 is 10.0 Å². The van der Waals surface area contributed by atoms with Gasteiger partial charge in [0.05, 0.1) is 16.9 Å². The Hall–Kier alpha value is -3.17. The smallest absolute Gasteiger partial charge is 0.317 e. The number of carbonyl (C=O) groups excluding carboxylic acids is 1. The van der Waals surface area contributed by atoms with Gasteiger partial charge in [0.15, 0.2) is 0 Å². The molecule has 156 valence electrons. The third kappa shape index (κ3) is 4.22. The summed E-state index contributed by atoms with van der Waals surface area (Å²) >= 11 is 0. The highest BCUT2D eigenvalue weighted by atomic mass is 32.2. The molecule has 8 nitrogen and oxygen atoms in total. The lowest BCUT2D eigenvalue weighted by molar-refractivity contribution is 0.172. The van der Waals surface area contributed by atoms with Crippen LogP contribution in [0.4, 0.5) is 4.79 Å². The Kier molecular flexibility index (Phi) is 5.82. The van der Waals surface area contributed by atoms with Crippen LogP contribution in [-0.4, -0.2) is 59.4 Å². The van der Waals surface area contributed by atoms with Gasteiger partial charge in [-0.1, -0.05) is 36.4 Å². The van der Waals surface area contributed by atoms with Crippen molar-refractivity contribution in [3.05, 3.63) is 78.9 Å². The highest BCUT2D eigenvalue weighted by Gasteiger charge is 2.29. The second-order valence-electron chi connectivity index (χ2n) is 6.96. The first-order valence-electron chi connectivity index (χ1n) is 9.70. The average Bonchev–Trinajstić information content (AvgIpc) is 3.33. The zero-order valence-electron chi connectivity index (χ0n) is 16.4. The first kappa shape index (κ1) is 20.1. The Labute approximate surface area is 175 Å². The molecule has 1 N–H and O–H groups in total. The van der Waals surface area contributed by atoms with Gasteiger partial charge in [0, 0.05) is 45.1 Å². The summed E-state index contributed by atoms with van der Waals surface area (Å²) in [5, 5.41) is 2.94. The van der Waals surface area contributed by atoms with Crippen molar-refractivity contribution in [3.8, 4) is 5.69 Å². The van der Waals surface area contributed by atoms with E-state index in [4.69, 9.17) is 0 Å². The lowest BCUT2D eigenvalue weighted by atomic mass is 10.1. The van der Waals surface area contributed by atoms with Crippen LogP contribution in [0.2, 0.25) is 0 Å². The third-order valence-electron chi connectivity index (χ3n) is 5.11.